The number of unbranched alkanes of at least 4 members (excludes halogenated alkanes) is 30. The van der Waals surface area contributed by atoms with E-state index in [1.54, 1.807) is 0 Å². The molecular formula is C44H78MgO8. The molecule has 0 saturated heterocycles. The molecule has 0 bridgehead atoms. The zero-order chi connectivity index (χ0) is 38.6. The smallest absolute Gasteiger partial charge is 0.545 e. The van der Waals surface area contributed by atoms with Crippen molar-refractivity contribution in [3.8, 4) is 0 Å². The number of rotatable bonds is 38. The number of hydrogen-bond donors (Lipinski definition) is 0. The van der Waals surface area contributed by atoms with Crippen LogP contribution in [0.4, 0.5) is 0 Å². The zero-order valence-corrected chi connectivity index (χ0v) is 35.7. The van der Waals surface area contributed by atoms with Gasteiger partial charge in [0.1, 0.15) is 0 Å². The fraction of sp³-hybridized carbons (Fsp3) is 0.818. The molecule has 8 nitrogen and oxygen atoms in total. The molecule has 0 aromatic rings. The summed E-state index contributed by atoms with van der Waals surface area (Å²) in [5, 5.41) is 20.3. The Hall–Kier alpha value is -1.87. The third kappa shape index (κ3) is 54.6. The summed E-state index contributed by atoms with van der Waals surface area (Å²) in [6, 6.07) is 0. The Labute approximate surface area is 341 Å². The van der Waals surface area contributed by atoms with Gasteiger partial charge in [0, 0.05) is 12.2 Å². The SMILES string of the molecule is CCCCCCCCCCCCCCCCCCOC(=O)C=CC(=O)[O-].CCCCCCCCCCCCCCCCCCOC(=O)C=CC(=O)[O-].[Mg+2]. The van der Waals surface area contributed by atoms with Gasteiger partial charge in [-0.3, -0.25) is 0 Å². The van der Waals surface area contributed by atoms with Gasteiger partial charge in [-0.25, -0.2) is 9.59 Å². The van der Waals surface area contributed by atoms with Crippen LogP contribution in [0.25, 0.3) is 0 Å². The summed E-state index contributed by atoms with van der Waals surface area (Å²) in [4.78, 5) is 42.5. The number of carbonyl (C=O) groups is 4. The molecule has 0 spiro atoms. The van der Waals surface area contributed by atoms with E-state index in [0.29, 0.717) is 25.4 Å². The Balaban J connectivity index is -0.000000926. The van der Waals surface area contributed by atoms with Crippen molar-refractivity contribution in [2.75, 3.05) is 13.2 Å². The second-order valence-electron chi connectivity index (χ2n) is 14.2. The van der Waals surface area contributed by atoms with E-state index >= 15 is 0 Å². The van der Waals surface area contributed by atoms with Crippen LogP contribution < -0.4 is 10.2 Å². The second-order valence-corrected chi connectivity index (χ2v) is 14.2. The van der Waals surface area contributed by atoms with Gasteiger partial charge in [0.15, 0.2) is 0 Å². The van der Waals surface area contributed by atoms with Crippen molar-refractivity contribution >= 4 is 46.9 Å². The minimum Gasteiger partial charge on any atom is -0.545 e. The van der Waals surface area contributed by atoms with Gasteiger partial charge in [-0.2, -0.15) is 0 Å². The summed E-state index contributed by atoms with van der Waals surface area (Å²) in [6.07, 6.45) is 44.9. The molecule has 9 heteroatoms. The van der Waals surface area contributed by atoms with Gasteiger partial charge in [0.05, 0.1) is 25.2 Å². The van der Waals surface area contributed by atoms with Crippen LogP contribution in [0, 0.1) is 0 Å². The van der Waals surface area contributed by atoms with E-state index in [1.165, 1.54) is 180 Å². The van der Waals surface area contributed by atoms with Crippen LogP contribution in [-0.2, 0) is 28.7 Å². The van der Waals surface area contributed by atoms with E-state index in [0.717, 1.165) is 37.8 Å². The molecule has 0 aromatic heterocycles. The van der Waals surface area contributed by atoms with Crippen molar-refractivity contribution in [2.24, 2.45) is 0 Å². The first-order chi connectivity index (χ1) is 25.3. The van der Waals surface area contributed by atoms with E-state index in [9.17, 15) is 29.4 Å². The minimum absolute atomic E-state index is 0. The summed E-state index contributed by atoms with van der Waals surface area (Å²) in [5.74, 6) is -4.00. The van der Waals surface area contributed by atoms with Gasteiger partial charge >= 0.3 is 35.0 Å². The van der Waals surface area contributed by atoms with E-state index in [2.05, 4.69) is 13.8 Å². The molecule has 0 fully saturated rings. The van der Waals surface area contributed by atoms with E-state index in [-0.39, 0.29) is 23.1 Å². The van der Waals surface area contributed by atoms with Crippen molar-refractivity contribution in [1.82, 2.24) is 0 Å². The first-order valence-electron chi connectivity index (χ1n) is 21.4. The maximum absolute atomic E-state index is 11.1. The summed E-state index contributed by atoms with van der Waals surface area (Å²) in [6.45, 7) is 5.24. The number of carboxylic acids is 2. The molecule has 304 valence electrons. The monoisotopic (exact) mass is 759 g/mol. The molecule has 0 radical (unpaired) electrons. The Bertz CT molecular complexity index is 803. The Morgan fingerprint density at radius 2 is 0.528 bits per heavy atom. The third-order valence-electron chi connectivity index (χ3n) is 9.20. The minimum atomic E-state index is -1.38. The number of esters is 2. The van der Waals surface area contributed by atoms with Gasteiger partial charge in [0.25, 0.3) is 0 Å². The van der Waals surface area contributed by atoms with Gasteiger partial charge in [-0.15, -0.1) is 0 Å². The fourth-order valence-corrected chi connectivity index (χ4v) is 6.01. The first kappa shape index (κ1) is 55.5. The van der Waals surface area contributed by atoms with Crippen molar-refractivity contribution in [3.05, 3.63) is 24.3 Å². The van der Waals surface area contributed by atoms with Crippen molar-refractivity contribution in [2.45, 2.75) is 219 Å². The van der Waals surface area contributed by atoms with E-state index in [1.807, 2.05) is 0 Å². The maximum Gasteiger partial charge on any atom is 2.00 e. The van der Waals surface area contributed by atoms with Crippen LogP contribution in [0.2, 0.25) is 0 Å². The third-order valence-corrected chi connectivity index (χ3v) is 9.20. The molecule has 0 amide bonds. The van der Waals surface area contributed by atoms with Crippen molar-refractivity contribution < 1.29 is 38.9 Å². The normalized spacial score (nSPS) is 10.9. The molecule has 0 aliphatic carbocycles. The summed E-state index contributed by atoms with van der Waals surface area (Å²) in [7, 11) is 0. The second kappa shape index (κ2) is 48.1. The predicted octanol–water partition coefficient (Wildman–Crippen LogP) is 9.81. The summed E-state index contributed by atoms with van der Waals surface area (Å²) in [5.41, 5.74) is 0. The van der Waals surface area contributed by atoms with Gasteiger partial charge in [-0.1, -0.05) is 206 Å². The summed E-state index contributed by atoms with van der Waals surface area (Å²) >= 11 is 0. The Morgan fingerprint density at radius 3 is 0.717 bits per heavy atom. The average molecular weight is 759 g/mol. The number of aliphatic carboxylic acids is 2. The van der Waals surface area contributed by atoms with Gasteiger partial charge in [0.2, 0.25) is 0 Å². The summed E-state index contributed by atoms with van der Waals surface area (Å²) < 4.78 is 9.79. The predicted molar refractivity (Wildman–Crippen MR) is 215 cm³/mol. The van der Waals surface area contributed by atoms with Crippen LogP contribution in [0.15, 0.2) is 24.3 Å². The number of carbonyl (C=O) groups excluding carboxylic acids is 4. The molecule has 0 rings (SSSR count). The average Bonchev–Trinajstić information content (AvgIpc) is 3.12. The molecule has 0 N–H and O–H groups in total. The van der Waals surface area contributed by atoms with E-state index < -0.39 is 23.9 Å². The van der Waals surface area contributed by atoms with Crippen LogP contribution in [0.3, 0.4) is 0 Å². The fourth-order valence-electron chi connectivity index (χ4n) is 6.01. The standard InChI is InChI=1S/2C22H40O4.Mg/c2*1-2-3-4-5-6-7-8-9-10-11-12-13-14-15-16-17-20-26-22(25)19-18-21(23)24;/h2*18-19H,2-17,20H2,1H3,(H,23,24);/q;;+2/p-2. The molecule has 0 heterocycles. The van der Waals surface area contributed by atoms with Crippen molar-refractivity contribution in [3.63, 3.8) is 0 Å². The zero-order valence-electron chi connectivity index (χ0n) is 34.3. The molecule has 0 atom stereocenters. The van der Waals surface area contributed by atoms with Gasteiger partial charge < -0.3 is 29.3 Å². The number of carboxylic acid groups (broad SMARTS) is 2. The maximum atomic E-state index is 11.1. The molecule has 0 saturated carbocycles. The van der Waals surface area contributed by atoms with Crippen LogP contribution in [-0.4, -0.2) is 60.1 Å². The van der Waals surface area contributed by atoms with Crippen LogP contribution in [0.5, 0.6) is 0 Å². The molecule has 0 unspecified atom stereocenters. The largest absolute Gasteiger partial charge is 2.00 e. The molecular weight excluding hydrogens is 681 g/mol. The molecule has 0 aromatic carbocycles. The molecule has 0 aliphatic rings. The molecule has 0 aliphatic heterocycles. The van der Waals surface area contributed by atoms with Crippen LogP contribution in [0.1, 0.15) is 219 Å². The van der Waals surface area contributed by atoms with E-state index in [4.69, 9.17) is 9.47 Å². The van der Waals surface area contributed by atoms with Crippen molar-refractivity contribution in [1.29, 1.82) is 0 Å². The first-order valence-corrected chi connectivity index (χ1v) is 21.4. The molecule has 53 heavy (non-hydrogen) atoms. The van der Waals surface area contributed by atoms with Crippen LogP contribution >= 0.6 is 0 Å². The Morgan fingerprint density at radius 1 is 0.340 bits per heavy atom. The van der Waals surface area contributed by atoms with Gasteiger partial charge in [-0.05, 0) is 25.0 Å². The quantitative estimate of drug-likeness (QED) is 0.0263. The number of hydrogen-bond acceptors (Lipinski definition) is 8. The topological polar surface area (TPSA) is 133 Å². The number of ether oxygens (including phenoxy) is 2. The Kier molecular flexibility index (Phi) is 50.4.